The van der Waals surface area contributed by atoms with Crippen LogP contribution < -0.4 is 0 Å². The van der Waals surface area contributed by atoms with Crippen molar-refractivity contribution >= 4 is 12.6 Å². The molecular weight excluding hydrogens is 136 g/mol. The second-order valence-corrected chi connectivity index (χ2v) is 2.14. The summed E-state index contributed by atoms with van der Waals surface area (Å²) in [5.74, 6) is 0.425. The summed E-state index contributed by atoms with van der Waals surface area (Å²) in [6.45, 7) is 11.8. The largest absolute Gasteiger partial charge is 0.290 e. The van der Waals surface area contributed by atoms with Crippen LogP contribution in [0.3, 0.4) is 0 Å². The number of hydrogen-bond acceptors (Lipinski definition) is 1. The number of rotatable bonds is 3. The van der Waals surface area contributed by atoms with Crippen LogP contribution in [0, 0.1) is 11.3 Å². The molecule has 0 aliphatic heterocycles. The van der Waals surface area contributed by atoms with Gasteiger partial charge in [-0.3, -0.25) is 5.41 Å². The van der Waals surface area contributed by atoms with Crippen LogP contribution in [-0.4, -0.2) is 12.6 Å². The fraction of sp³-hybridized carbons (Fsp3) is 0.556. The monoisotopic (exact) mass is 154 g/mol. The number of allylic oxidation sites excluding steroid dienone is 1. The van der Waals surface area contributed by atoms with Gasteiger partial charge in [0.05, 0.1) is 0 Å². The second kappa shape index (κ2) is 9.08. The molecule has 0 saturated heterocycles. The Labute approximate surface area is 69.6 Å². The highest BCUT2D eigenvalue weighted by molar-refractivity contribution is 5.83. The first-order valence-corrected chi connectivity index (χ1v) is 3.89. The first-order valence-electron chi connectivity index (χ1n) is 3.89. The Bertz CT molecular complexity index is 134. The highest BCUT2D eigenvalue weighted by Crippen LogP contribution is 2.01. The standard InChI is InChI=1S/C7H12N2.C2H6/c1-6(2)7(3)4-9-5-8;1-2/h4-6,8H,3H2,1-2H3;1-2H3. The topological polar surface area (TPSA) is 36.2 Å². The molecule has 11 heavy (non-hydrogen) atoms. The SMILES string of the molecule is C=C(C=NC=N)C(C)C.CC. The molecule has 0 heterocycles. The van der Waals surface area contributed by atoms with E-state index >= 15 is 0 Å². The zero-order valence-corrected chi connectivity index (χ0v) is 7.89. The van der Waals surface area contributed by atoms with E-state index in [2.05, 4.69) is 11.6 Å². The van der Waals surface area contributed by atoms with Gasteiger partial charge in [-0.15, -0.1) is 0 Å². The maximum absolute atomic E-state index is 6.57. The van der Waals surface area contributed by atoms with Crippen LogP contribution >= 0.6 is 0 Å². The lowest BCUT2D eigenvalue weighted by molar-refractivity contribution is 0.810. The minimum absolute atomic E-state index is 0.425. The molecule has 0 amide bonds. The van der Waals surface area contributed by atoms with Gasteiger partial charge in [0.2, 0.25) is 0 Å². The molecule has 0 atom stereocenters. The van der Waals surface area contributed by atoms with Crippen molar-refractivity contribution in [1.82, 2.24) is 0 Å². The zero-order chi connectivity index (χ0) is 9.28. The Hall–Kier alpha value is -0.920. The number of nitrogens with one attached hydrogen (secondary N) is 1. The molecule has 64 valence electrons. The number of nitrogens with zero attached hydrogens (tertiary/aromatic N) is 1. The molecule has 1 N–H and O–H groups in total. The van der Waals surface area contributed by atoms with E-state index in [-0.39, 0.29) is 0 Å². The van der Waals surface area contributed by atoms with E-state index in [0.29, 0.717) is 5.92 Å². The molecule has 0 saturated carbocycles. The quantitative estimate of drug-likeness (QED) is 0.479. The van der Waals surface area contributed by atoms with E-state index in [9.17, 15) is 0 Å². The van der Waals surface area contributed by atoms with Crippen molar-refractivity contribution in [1.29, 1.82) is 5.41 Å². The minimum atomic E-state index is 0.425. The molecule has 0 bridgehead atoms. The van der Waals surface area contributed by atoms with Gasteiger partial charge >= 0.3 is 0 Å². The average molecular weight is 154 g/mol. The third kappa shape index (κ3) is 9.08. The van der Waals surface area contributed by atoms with Gasteiger partial charge < -0.3 is 0 Å². The normalized spacial score (nSPS) is 9.18. The summed E-state index contributed by atoms with van der Waals surface area (Å²) in [7, 11) is 0. The molecule has 0 aromatic heterocycles. The summed E-state index contributed by atoms with van der Waals surface area (Å²) in [6, 6.07) is 0. The van der Waals surface area contributed by atoms with Gasteiger partial charge in [0.15, 0.2) is 0 Å². The van der Waals surface area contributed by atoms with Gasteiger partial charge in [0, 0.05) is 6.21 Å². The first kappa shape index (κ1) is 12.7. The first-order chi connectivity index (χ1) is 5.18. The smallest absolute Gasteiger partial charge is 0.106 e. The van der Waals surface area contributed by atoms with Crippen LogP contribution in [0.4, 0.5) is 0 Å². The minimum Gasteiger partial charge on any atom is -0.290 e. The summed E-state index contributed by atoms with van der Waals surface area (Å²) in [5.41, 5.74) is 0.957. The summed E-state index contributed by atoms with van der Waals surface area (Å²) >= 11 is 0. The van der Waals surface area contributed by atoms with Crippen LogP contribution in [-0.2, 0) is 0 Å². The van der Waals surface area contributed by atoms with Crippen LogP contribution in [0.1, 0.15) is 27.7 Å². The lowest BCUT2D eigenvalue weighted by Crippen LogP contribution is -1.92. The van der Waals surface area contributed by atoms with Gasteiger partial charge in [-0.2, -0.15) is 0 Å². The molecule has 0 aliphatic carbocycles. The Balaban J connectivity index is 0. The molecule has 0 aromatic carbocycles. The Morgan fingerprint density at radius 1 is 1.45 bits per heavy atom. The van der Waals surface area contributed by atoms with Gasteiger partial charge in [-0.05, 0) is 11.5 Å². The Morgan fingerprint density at radius 3 is 2.18 bits per heavy atom. The van der Waals surface area contributed by atoms with Crippen LogP contribution in [0.15, 0.2) is 17.1 Å². The molecular formula is C9H18N2. The van der Waals surface area contributed by atoms with Gasteiger partial charge in [-0.1, -0.05) is 34.3 Å². The van der Waals surface area contributed by atoms with Crippen LogP contribution in [0.5, 0.6) is 0 Å². The fourth-order valence-corrected chi connectivity index (χ4v) is 0.282. The molecule has 0 aromatic rings. The lowest BCUT2D eigenvalue weighted by atomic mass is 10.1. The van der Waals surface area contributed by atoms with Crippen molar-refractivity contribution in [2.24, 2.45) is 10.9 Å². The Morgan fingerprint density at radius 2 is 1.91 bits per heavy atom. The molecule has 0 rings (SSSR count). The third-order valence-electron chi connectivity index (χ3n) is 1.06. The van der Waals surface area contributed by atoms with Crippen molar-refractivity contribution in [3.8, 4) is 0 Å². The van der Waals surface area contributed by atoms with Crippen molar-refractivity contribution in [2.45, 2.75) is 27.7 Å². The van der Waals surface area contributed by atoms with E-state index in [1.165, 1.54) is 0 Å². The fourth-order valence-electron chi connectivity index (χ4n) is 0.282. The number of hydrogen-bond donors (Lipinski definition) is 1. The van der Waals surface area contributed by atoms with E-state index in [4.69, 9.17) is 5.41 Å². The maximum Gasteiger partial charge on any atom is 0.106 e. The molecule has 2 nitrogen and oxygen atoms in total. The maximum atomic E-state index is 6.57. The zero-order valence-electron chi connectivity index (χ0n) is 7.89. The van der Waals surface area contributed by atoms with Crippen molar-refractivity contribution in [3.63, 3.8) is 0 Å². The van der Waals surface area contributed by atoms with Gasteiger partial charge in [0.1, 0.15) is 6.34 Å². The van der Waals surface area contributed by atoms with E-state index in [1.807, 2.05) is 27.7 Å². The van der Waals surface area contributed by atoms with Crippen molar-refractivity contribution in [3.05, 3.63) is 12.2 Å². The summed E-state index contributed by atoms with van der Waals surface area (Å²) in [4.78, 5) is 3.61. The molecule has 0 fully saturated rings. The van der Waals surface area contributed by atoms with E-state index in [1.54, 1.807) is 6.21 Å². The van der Waals surface area contributed by atoms with E-state index in [0.717, 1.165) is 11.9 Å². The predicted molar refractivity (Wildman–Crippen MR) is 52.6 cm³/mol. The predicted octanol–water partition coefficient (Wildman–Crippen LogP) is 2.90. The molecule has 2 heteroatoms. The third-order valence-corrected chi connectivity index (χ3v) is 1.06. The Kier molecular flexibility index (Phi) is 10.5. The van der Waals surface area contributed by atoms with Crippen molar-refractivity contribution < 1.29 is 0 Å². The summed E-state index contributed by atoms with van der Waals surface area (Å²) in [6.07, 6.45) is 2.62. The highest BCUT2D eigenvalue weighted by atomic mass is 14.7. The molecule has 0 aliphatic rings. The van der Waals surface area contributed by atoms with Crippen LogP contribution in [0.2, 0.25) is 0 Å². The molecule has 0 spiro atoms. The highest BCUT2D eigenvalue weighted by Gasteiger charge is 1.93. The number of aliphatic imine (C=N–C) groups is 1. The lowest BCUT2D eigenvalue weighted by Gasteiger charge is -1.99. The van der Waals surface area contributed by atoms with Gasteiger partial charge in [-0.25, -0.2) is 4.99 Å². The summed E-state index contributed by atoms with van der Waals surface area (Å²) < 4.78 is 0. The van der Waals surface area contributed by atoms with Crippen LogP contribution in [0.25, 0.3) is 0 Å². The van der Waals surface area contributed by atoms with Crippen molar-refractivity contribution in [2.75, 3.05) is 0 Å². The van der Waals surface area contributed by atoms with Gasteiger partial charge in [0.25, 0.3) is 0 Å². The van der Waals surface area contributed by atoms with E-state index < -0.39 is 0 Å². The second-order valence-electron chi connectivity index (χ2n) is 2.14. The molecule has 0 unspecified atom stereocenters. The average Bonchev–Trinajstić information content (AvgIpc) is 2.03. The molecule has 0 radical (unpaired) electrons. The summed E-state index contributed by atoms with van der Waals surface area (Å²) in [5, 5.41) is 6.57.